The van der Waals surface area contributed by atoms with Crippen LogP contribution in [0.5, 0.6) is 5.75 Å². The molecule has 0 bridgehead atoms. The molecule has 0 saturated heterocycles. The first kappa shape index (κ1) is 15.3. The minimum Gasteiger partial charge on any atom is -0.496 e. The number of benzene rings is 1. The van der Waals surface area contributed by atoms with Gasteiger partial charge in [-0.3, -0.25) is 4.79 Å². The van der Waals surface area contributed by atoms with Gasteiger partial charge in [0.25, 0.3) is 0 Å². The standard InChI is InChI=1S/C15H23NO3/c1-9(6-14(17)18)8-16-15-10(2)7-13(19-5)11(3)12(15)4/h7,9,16H,6,8H2,1-5H3,(H,17,18). The van der Waals surface area contributed by atoms with Crippen LogP contribution in [0.4, 0.5) is 5.69 Å². The monoisotopic (exact) mass is 265 g/mol. The van der Waals surface area contributed by atoms with E-state index >= 15 is 0 Å². The summed E-state index contributed by atoms with van der Waals surface area (Å²) in [5.41, 5.74) is 4.46. The Balaban J connectivity index is 2.84. The van der Waals surface area contributed by atoms with E-state index in [1.54, 1.807) is 7.11 Å². The molecule has 0 radical (unpaired) electrons. The smallest absolute Gasteiger partial charge is 0.303 e. The van der Waals surface area contributed by atoms with Crippen molar-refractivity contribution in [3.05, 3.63) is 22.8 Å². The molecule has 106 valence electrons. The number of methoxy groups -OCH3 is 1. The molecule has 4 heteroatoms. The summed E-state index contributed by atoms with van der Waals surface area (Å²) in [4.78, 5) is 10.6. The lowest BCUT2D eigenvalue weighted by Crippen LogP contribution is -2.16. The van der Waals surface area contributed by atoms with Crippen LogP contribution in [0.25, 0.3) is 0 Å². The van der Waals surface area contributed by atoms with E-state index in [4.69, 9.17) is 9.84 Å². The number of anilines is 1. The van der Waals surface area contributed by atoms with Crippen molar-refractivity contribution in [2.45, 2.75) is 34.1 Å². The molecule has 0 heterocycles. The molecular weight excluding hydrogens is 242 g/mol. The molecule has 0 fully saturated rings. The van der Waals surface area contributed by atoms with Gasteiger partial charge in [-0.25, -0.2) is 0 Å². The molecule has 0 spiro atoms. The van der Waals surface area contributed by atoms with E-state index in [2.05, 4.69) is 12.2 Å². The minimum absolute atomic E-state index is 0.0960. The number of carboxylic acids is 1. The highest BCUT2D eigenvalue weighted by molar-refractivity contribution is 5.67. The summed E-state index contributed by atoms with van der Waals surface area (Å²) in [7, 11) is 1.67. The van der Waals surface area contributed by atoms with E-state index in [1.807, 2.05) is 26.8 Å². The average molecular weight is 265 g/mol. The van der Waals surface area contributed by atoms with E-state index in [9.17, 15) is 4.79 Å². The molecule has 0 amide bonds. The van der Waals surface area contributed by atoms with Crippen molar-refractivity contribution in [2.24, 2.45) is 5.92 Å². The first-order valence-electron chi connectivity index (χ1n) is 6.47. The van der Waals surface area contributed by atoms with Gasteiger partial charge in [0.15, 0.2) is 0 Å². The second kappa shape index (κ2) is 6.45. The normalized spacial score (nSPS) is 12.1. The van der Waals surface area contributed by atoms with E-state index in [0.29, 0.717) is 6.54 Å². The molecule has 0 aliphatic heterocycles. The molecule has 0 saturated carbocycles. The average Bonchev–Trinajstić information content (AvgIpc) is 2.32. The van der Waals surface area contributed by atoms with Gasteiger partial charge in [-0.1, -0.05) is 6.92 Å². The van der Waals surface area contributed by atoms with Gasteiger partial charge in [-0.05, 0) is 49.4 Å². The van der Waals surface area contributed by atoms with E-state index in [1.165, 1.54) is 0 Å². The summed E-state index contributed by atoms with van der Waals surface area (Å²) in [6, 6.07) is 2.01. The molecule has 0 aliphatic rings. The lowest BCUT2D eigenvalue weighted by Gasteiger charge is -2.19. The summed E-state index contributed by atoms with van der Waals surface area (Å²) < 4.78 is 5.33. The van der Waals surface area contributed by atoms with Crippen LogP contribution in [0.1, 0.15) is 30.0 Å². The molecule has 2 N–H and O–H groups in total. The highest BCUT2D eigenvalue weighted by Gasteiger charge is 2.12. The third-order valence-electron chi connectivity index (χ3n) is 3.42. The molecular formula is C15H23NO3. The molecule has 19 heavy (non-hydrogen) atoms. The fourth-order valence-corrected chi connectivity index (χ4v) is 2.18. The summed E-state index contributed by atoms with van der Waals surface area (Å²) in [6.45, 7) is 8.69. The van der Waals surface area contributed by atoms with E-state index in [0.717, 1.165) is 28.1 Å². The molecule has 4 nitrogen and oxygen atoms in total. The largest absolute Gasteiger partial charge is 0.496 e. The summed E-state index contributed by atoms with van der Waals surface area (Å²) >= 11 is 0. The van der Waals surface area contributed by atoms with Gasteiger partial charge >= 0.3 is 5.97 Å². The van der Waals surface area contributed by atoms with Crippen LogP contribution >= 0.6 is 0 Å². The molecule has 0 aliphatic carbocycles. The van der Waals surface area contributed by atoms with Crippen molar-refractivity contribution in [1.82, 2.24) is 0 Å². The van der Waals surface area contributed by atoms with Gasteiger partial charge in [0, 0.05) is 18.7 Å². The number of aliphatic carboxylic acids is 1. The van der Waals surface area contributed by atoms with E-state index in [-0.39, 0.29) is 12.3 Å². The Hall–Kier alpha value is -1.71. The topological polar surface area (TPSA) is 58.6 Å². The second-order valence-corrected chi connectivity index (χ2v) is 5.10. The van der Waals surface area contributed by atoms with Gasteiger partial charge < -0.3 is 15.2 Å². The number of hydrogen-bond donors (Lipinski definition) is 2. The van der Waals surface area contributed by atoms with E-state index < -0.39 is 5.97 Å². The highest BCUT2D eigenvalue weighted by atomic mass is 16.5. The number of nitrogens with one attached hydrogen (secondary N) is 1. The van der Waals surface area contributed by atoms with Gasteiger partial charge in [0.2, 0.25) is 0 Å². The van der Waals surface area contributed by atoms with Gasteiger partial charge in [-0.15, -0.1) is 0 Å². The molecule has 1 unspecified atom stereocenters. The van der Waals surface area contributed by atoms with Crippen molar-refractivity contribution in [2.75, 3.05) is 19.0 Å². The Kier molecular flexibility index (Phi) is 5.21. The SMILES string of the molecule is COc1cc(C)c(NCC(C)CC(=O)O)c(C)c1C. The lowest BCUT2D eigenvalue weighted by molar-refractivity contribution is -0.137. The summed E-state index contributed by atoms with van der Waals surface area (Å²) in [5, 5.41) is 12.1. The number of carboxylic acid groups (broad SMARTS) is 1. The molecule has 1 aromatic carbocycles. The van der Waals surface area contributed by atoms with Gasteiger partial charge in [0.05, 0.1) is 7.11 Å². The Bertz CT molecular complexity index is 469. The van der Waals surface area contributed by atoms with Crippen molar-refractivity contribution in [3.8, 4) is 5.75 Å². The van der Waals surface area contributed by atoms with Crippen LogP contribution < -0.4 is 10.1 Å². The fraction of sp³-hybridized carbons (Fsp3) is 0.533. The zero-order valence-corrected chi connectivity index (χ0v) is 12.3. The quantitative estimate of drug-likeness (QED) is 0.829. The number of carbonyl (C=O) groups is 1. The molecule has 0 aromatic heterocycles. The van der Waals surface area contributed by atoms with Crippen molar-refractivity contribution in [3.63, 3.8) is 0 Å². The maximum absolute atomic E-state index is 10.6. The third-order valence-corrected chi connectivity index (χ3v) is 3.42. The highest BCUT2D eigenvalue weighted by Crippen LogP contribution is 2.31. The van der Waals surface area contributed by atoms with Gasteiger partial charge in [0.1, 0.15) is 5.75 Å². The van der Waals surface area contributed by atoms with Crippen LogP contribution in [0, 0.1) is 26.7 Å². The van der Waals surface area contributed by atoms with Gasteiger partial charge in [-0.2, -0.15) is 0 Å². The Morgan fingerprint density at radius 1 is 1.37 bits per heavy atom. The second-order valence-electron chi connectivity index (χ2n) is 5.10. The zero-order chi connectivity index (χ0) is 14.6. The van der Waals surface area contributed by atoms with Crippen LogP contribution in [-0.4, -0.2) is 24.7 Å². The Morgan fingerprint density at radius 3 is 2.53 bits per heavy atom. The number of hydrogen-bond acceptors (Lipinski definition) is 3. The molecule has 1 atom stereocenters. The van der Waals surface area contributed by atoms with Crippen molar-refractivity contribution < 1.29 is 14.6 Å². The number of ether oxygens (including phenoxy) is 1. The Morgan fingerprint density at radius 2 is 2.00 bits per heavy atom. The van der Waals surface area contributed by atoms with Crippen LogP contribution in [0.15, 0.2) is 6.07 Å². The first-order valence-corrected chi connectivity index (χ1v) is 6.47. The van der Waals surface area contributed by atoms with Crippen molar-refractivity contribution >= 4 is 11.7 Å². The summed E-state index contributed by atoms with van der Waals surface area (Å²) in [5.74, 6) is 0.228. The third kappa shape index (κ3) is 3.88. The zero-order valence-electron chi connectivity index (χ0n) is 12.3. The summed E-state index contributed by atoms with van der Waals surface area (Å²) in [6.07, 6.45) is 0.181. The number of aryl methyl sites for hydroxylation is 1. The predicted molar refractivity (Wildman–Crippen MR) is 77.1 cm³/mol. The minimum atomic E-state index is -0.756. The maximum atomic E-state index is 10.6. The first-order chi connectivity index (χ1) is 8.86. The van der Waals surface area contributed by atoms with Crippen LogP contribution in [0.2, 0.25) is 0 Å². The molecule has 1 aromatic rings. The van der Waals surface area contributed by atoms with Crippen LogP contribution in [-0.2, 0) is 4.79 Å². The van der Waals surface area contributed by atoms with Crippen molar-refractivity contribution in [1.29, 1.82) is 0 Å². The number of rotatable bonds is 6. The maximum Gasteiger partial charge on any atom is 0.303 e. The molecule has 1 rings (SSSR count). The fourth-order valence-electron chi connectivity index (χ4n) is 2.18. The van der Waals surface area contributed by atoms with Crippen LogP contribution in [0.3, 0.4) is 0 Å². The predicted octanol–water partition coefficient (Wildman–Crippen LogP) is 3.14. The lowest BCUT2D eigenvalue weighted by atomic mass is 10.0. The Labute approximate surface area is 114 Å².